The second-order valence-corrected chi connectivity index (χ2v) is 7.00. The van der Waals surface area contributed by atoms with E-state index < -0.39 is 24.1 Å². The van der Waals surface area contributed by atoms with E-state index in [1.54, 1.807) is 13.0 Å². The van der Waals surface area contributed by atoms with Gasteiger partial charge in [0.2, 0.25) is 5.82 Å². The quantitative estimate of drug-likeness (QED) is 0.339. The Morgan fingerprint density at radius 2 is 1.82 bits per heavy atom. The zero-order chi connectivity index (χ0) is 23.6. The van der Waals surface area contributed by atoms with Crippen molar-refractivity contribution in [3.63, 3.8) is 0 Å². The van der Waals surface area contributed by atoms with Gasteiger partial charge in [0.25, 0.3) is 0 Å². The summed E-state index contributed by atoms with van der Waals surface area (Å²) in [7, 11) is 0. The van der Waals surface area contributed by atoms with E-state index in [0.29, 0.717) is 22.8 Å². The fourth-order valence-electron chi connectivity index (χ4n) is 2.97. The zero-order valence-corrected chi connectivity index (χ0v) is 17.0. The molecular formula is C21H16F4N6O2. The van der Waals surface area contributed by atoms with E-state index in [-0.39, 0.29) is 17.9 Å². The molecule has 33 heavy (non-hydrogen) atoms. The molecule has 0 saturated carbocycles. The van der Waals surface area contributed by atoms with Crippen molar-refractivity contribution in [2.45, 2.75) is 25.9 Å². The van der Waals surface area contributed by atoms with Crippen LogP contribution in [0.5, 0.6) is 0 Å². The summed E-state index contributed by atoms with van der Waals surface area (Å²) in [5, 5.41) is 14.3. The summed E-state index contributed by atoms with van der Waals surface area (Å²) >= 11 is 0. The second kappa shape index (κ2) is 8.90. The average molecular weight is 460 g/mol. The van der Waals surface area contributed by atoms with Gasteiger partial charge in [-0.25, -0.2) is 14.4 Å². The van der Waals surface area contributed by atoms with Crippen LogP contribution >= 0.6 is 0 Å². The zero-order valence-electron chi connectivity index (χ0n) is 17.0. The third-order valence-corrected chi connectivity index (χ3v) is 4.62. The fraction of sp³-hybridized carbons (Fsp3) is 0.190. The highest BCUT2D eigenvalue weighted by molar-refractivity contribution is 5.53. The van der Waals surface area contributed by atoms with Gasteiger partial charge in [-0.05, 0) is 37.3 Å². The van der Waals surface area contributed by atoms with Gasteiger partial charge in [0.05, 0.1) is 12.2 Å². The van der Waals surface area contributed by atoms with Gasteiger partial charge in [-0.1, -0.05) is 11.2 Å². The summed E-state index contributed by atoms with van der Waals surface area (Å²) in [6, 6.07) is 8.65. The summed E-state index contributed by atoms with van der Waals surface area (Å²) in [5.41, 5.74) is 1.41. The smallest absolute Gasteiger partial charge is 0.369 e. The Labute approximate surface area is 184 Å². The minimum atomic E-state index is -4.75. The molecule has 0 fully saturated rings. The van der Waals surface area contributed by atoms with Crippen LogP contribution in [0.25, 0.3) is 11.4 Å². The Bertz CT molecular complexity index is 1230. The van der Waals surface area contributed by atoms with Crippen LogP contribution in [-0.4, -0.2) is 30.2 Å². The molecule has 0 saturated heterocycles. The summed E-state index contributed by atoms with van der Waals surface area (Å²) < 4.78 is 56.1. The third kappa shape index (κ3) is 5.12. The number of aryl methyl sites for hydroxylation is 1. The van der Waals surface area contributed by atoms with Crippen molar-refractivity contribution >= 4 is 5.69 Å². The molecule has 1 unspecified atom stereocenters. The highest BCUT2D eigenvalue weighted by Crippen LogP contribution is 2.30. The van der Waals surface area contributed by atoms with Crippen LogP contribution in [0.1, 0.15) is 29.2 Å². The van der Waals surface area contributed by atoms with Gasteiger partial charge >= 0.3 is 12.1 Å². The Balaban J connectivity index is 1.60. The Morgan fingerprint density at radius 3 is 2.42 bits per heavy atom. The molecule has 3 heterocycles. The number of hydrogen-bond donors (Lipinski definition) is 1. The molecule has 0 aliphatic rings. The van der Waals surface area contributed by atoms with Crippen LogP contribution in [0.3, 0.4) is 0 Å². The molecule has 12 heteroatoms. The predicted octanol–water partition coefficient (Wildman–Crippen LogP) is 4.09. The van der Waals surface area contributed by atoms with Gasteiger partial charge in [0, 0.05) is 35.4 Å². The molecule has 0 aliphatic carbocycles. The van der Waals surface area contributed by atoms with Gasteiger partial charge in [0.1, 0.15) is 11.6 Å². The standard InChI is InChI=1S/C21H16F4N6O2/c1-12-26-9-14(10-27-12)19(32)31(17-4-2-3-15(22)7-17)11-16-6-5-13(8-28-16)18-29-20(33-30-18)21(23,24)25/h2-10,19,32H,11H2,1H3. The molecule has 1 aromatic carbocycles. The number of anilines is 1. The monoisotopic (exact) mass is 460 g/mol. The first-order chi connectivity index (χ1) is 15.7. The van der Waals surface area contributed by atoms with E-state index >= 15 is 0 Å². The van der Waals surface area contributed by atoms with Gasteiger partial charge in [-0.3, -0.25) is 4.98 Å². The molecule has 170 valence electrons. The van der Waals surface area contributed by atoms with Gasteiger partial charge in [0.15, 0.2) is 6.23 Å². The molecule has 0 aliphatic heterocycles. The predicted molar refractivity (Wildman–Crippen MR) is 107 cm³/mol. The molecule has 4 aromatic rings. The molecule has 4 rings (SSSR count). The number of halogens is 4. The van der Waals surface area contributed by atoms with E-state index in [1.807, 2.05) is 0 Å². The Hall–Kier alpha value is -3.93. The lowest BCUT2D eigenvalue weighted by Crippen LogP contribution is -2.29. The van der Waals surface area contributed by atoms with Crippen molar-refractivity contribution in [3.8, 4) is 11.4 Å². The summed E-state index contributed by atoms with van der Waals surface area (Å²) in [5.74, 6) is -1.69. The van der Waals surface area contributed by atoms with Crippen LogP contribution in [0.15, 0.2) is 59.5 Å². The van der Waals surface area contributed by atoms with Crippen molar-refractivity contribution in [2.24, 2.45) is 0 Å². The van der Waals surface area contributed by atoms with Gasteiger partial charge in [-0.2, -0.15) is 18.2 Å². The van der Waals surface area contributed by atoms with Crippen LogP contribution < -0.4 is 4.90 Å². The molecule has 0 amide bonds. The average Bonchev–Trinajstić information content (AvgIpc) is 3.29. The number of aliphatic hydroxyl groups excluding tert-OH is 1. The van der Waals surface area contributed by atoms with Crippen molar-refractivity contribution in [3.05, 3.63) is 83.8 Å². The molecule has 0 spiro atoms. The molecule has 0 radical (unpaired) electrons. The fourth-order valence-corrected chi connectivity index (χ4v) is 2.97. The van der Waals surface area contributed by atoms with Crippen molar-refractivity contribution in [1.82, 2.24) is 25.1 Å². The van der Waals surface area contributed by atoms with Crippen LogP contribution in [0.4, 0.5) is 23.2 Å². The maximum atomic E-state index is 13.9. The molecule has 1 atom stereocenters. The summed E-state index contributed by atoms with van der Waals surface area (Å²) in [6.45, 7) is 1.74. The van der Waals surface area contributed by atoms with E-state index in [1.165, 1.54) is 53.8 Å². The normalized spacial score (nSPS) is 12.5. The Morgan fingerprint density at radius 1 is 1.06 bits per heavy atom. The number of aliphatic hydroxyl groups is 1. The van der Waals surface area contributed by atoms with Crippen LogP contribution in [-0.2, 0) is 12.7 Å². The van der Waals surface area contributed by atoms with Gasteiger partial charge in [-0.15, -0.1) is 0 Å². The minimum Gasteiger partial charge on any atom is -0.369 e. The van der Waals surface area contributed by atoms with Gasteiger partial charge < -0.3 is 14.5 Å². The molecule has 1 N–H and O–H groups in total. The first-order valence-corrected chi connectivity index (χ1v) is 9.56. The Kier molecular flexibility index (Phi) is 6.01. The van der Waals surface area contributed by atoms with E-state index in [4.69, 9.17) is 0 Å². The third-order valence-electron chi connectivity index (χ3n) is 4.62. The highest BCUT2D eigenvalue weighted by Gasteiger charge is 2.38. The maximum Gasteiger partial charge on any atom is 0.471 e. The number of aromatic nitrogens is 5. The first kappa shape index (κ1) is 22.3. The van der Waals surface area contributed by atoms with Crippen LogP contribution in [0.2, 0.25) is 0 Å². The number of benzene rings is 1. The lowest BCUT2D eigenvalue weighted by atomic mass is 10.2. The number of pyridine rings is 1. The topological polar surface area (TPSA) is 101 Å². The molecule has 8 nitrogen and oxygen atoms in total. The lowest BCUT2D eigenvalue weighted by Gasteiger charge is -2.30. The first-order valence-electron chi connectivity index (χ1n) is 9.56. The van der Waals surface area contributed by atoms with E-state index in [2.05, 4.69) is 29.6 Å². The number of alkyl halides is 3. The highest BCUT2D eigenvalue weighted by atomic mass is 19.4. The summed E-state index contributed by atoms with van der Waals surface area (Å²) in [6.07, 6.45) is -1.76. The molecule has 3 aromatic heterocycles. The van der Waals surface area contributed by atoms with Crippen molar-refractivity contribution < 1.29 is 27.2 Å². The number of nitrogens with zero attached hydrogens (tertiary/aromatic N) is 6. The SMILES string of the molecule is Cc1ncc(C(O)N(Cc2ccc(-c3noc(C(F)(F)F)n3)cn2)c2cccc(F)c2)cn1. The largest absolute Gasteiger partial charge is 0.471 e. The second-order valence-electron chi connectivity index (χ2n) is 7.00. The number of rotatable bonds is 6. The lowest BCUT2D eigenvalue weighted by molar-refractivity contribution is -0.159. The molecular weight excluding hydrogens is 444 g/mol. The number of hydrogen-bond acceptors (Lipinski definition) is 8. The maximum absolute atomic E-state index is 13.9. The molecule has 0 bridgehead atoms. The minimum absolute atomic E-state index is 0.0405. The summed E-state index contributed by atoms with van der Waals surface area (Å²) in [4.78, 5) is 17.2. The van der Waals surface area contributed by atoms with Crippen molar-refractivity contribution in [2.75, 3.05) is 4.90 Å². The van der Waals surface area contributed by atoms with E-state index in [0.717, 1.165) is 0 Å². The van der Waals surface area contributed by atoms with Crippen molar-refractivity contribution in [1.29, 1.82) is 0 Å². The van der Waals surface area contributed by atoms with E-state index in [9.17, 15) is 22.7 Å². The van der Waals surface area contributed by atoms with Crippen LogP contribution in [0, 0.1) is 12.7 Å².